The van der Waals surface area contributed by atoms with E-state index in [1.165, 1.54) is 13.8 Å². The fourth-order valence-corrected chi connectivity index (χ4v) is 3.08. The Labute approximate surface area is 182 Å². The number of fused-ring (bicyclic) bond motifs is 1. The van der Waals surface area contributed by atoms with Crippen LogP contribution in [0.25, 0.3) is 16.7 Å². The molecule has 0 saturated carbocycles. The summed E-state index contributed by atoms with van der Waals surface area (Å²) in [5, 5.41) is 5.92. The zero-order valence-electron chi connectivity index (χ0n) is 17.5. The van der Waals surface area contributed by atoms with E-state index in [-0.39, 0.29) is 5.84 Å². The van der Waals surface area contributed by atoms with Crippen LogP contribution < -0.4 is 16.4 Å². The average molecular weight is 444 g/mol. The number of benzene rings is 1. The molecule has 32 heavy (non-hydrogen) atoms. The Hall–Kier alpha value is -3.82. The van der Waals surface area contributed by atoms with Gasteiger partial charge in [0.1, 0.15) is 23.6 Å². The van der Waals surface area contributed by atoms with E-state index in [1.807, 2.05) is 17.4 Å². The van der Waals surface area contributed by atoms with Crippen LogP contribution in [0.4, 0.5) is 18.9 Å². The second-order valence-electron chi connectivity index (χ2n) is 7.60. The van der Waals surface area contributed by atoms with Crippen LogP contribution in [0.5, 0.6) is 0 Å². The van der Waals surface area contributed by atoms with Gasteiger partial charge in [-0.05, 0) is 38.1 Å². The fraction of sp³-hybridized carbons (Fsp3) is 0.227. The number of aromatic nitrogens is 2. The van der Waals surface area contributed by atoms with Crippen molar-refractivity contribution in [2.75, 3.05) is 11.9 Å². The highest BCUT2D eigenvalue weighted by Gasteiger charge is 2.33. The van der Waals surface area contributed by atoms with E-state index in [0.29, 0.717) is 22.6 Å². The monoisotopic (exact) mass is 444 g/mol. The fourth-order valence-electron chi connectivity index (χ4n) is 3.08. The van der Waals surface area contributed by atoms with E-state index in [0.717, 1.165) is 10.9 Å². The predicted molar refractivity (Wildman–Crippen MR) is 119 cm³/mol. The highest BCUT2D eigenvalue weighted by atomic mass is 19.4. The van der Waals surface area contributed by atoms with Gasteiger partial charge in [-0.3, -0.25) is 9.79 Å². The van der Waals surface area contributed by atoms with Crippen LogP contribution in [-0.2, 0) is 4.79 Å². The zero-order chi connectivity index (χ0) is 23.5. The lowest BCUT2D eigenvalue weighted by Gasteiger charge is -2.21. The van der Waals surface area contributed by atoms with Gasteiger partial charge < -0.3 is 21.4 Å². The van der Waals surface area contributed by atoms with Gasteiger partial charge in [0.2, 0.25) is 5.91 Å². The number of para-hydroxylation sites is 1. The molecule has 2 aromatic heterocycles. The van der Waals surface area contributed by atoms with Gasteiger partial charge in [-0.1, -0.05) is 18.7 Å². The molecule has 3 aromatic rings. The van der Waals surface area contributed by atoms with Crippen molar-refractivity contribution in [2.45, 2.75) is 25.6 Å². The molecule has 0 aliphatic heterocycles. The van der Waals surface area contributed by atoms with Gasteiger partial charge >= 0.3 is 6.18 Å². The molecular formula is C22H23F3N6O. The maximum atomic E-state index is 12.4. The molecule has 0 spiro atoms. The summed E-state index contributed by atoms with van der Waals surface area (Å²) in [4.78, 5) is 23.7. The standard InChI is InChI=1S/C22H23F3N6O/c1-13(14-8-10-27-19-15(14)9-11-28-19)30-17-7-5-4-6-16(17)18(26)31-21(2,3)20(32)29-12-22(23,24)25/h4-11,30H,1,12H2,2-3H3,(H2,26,31)(H,27,28)(H,29,32). The van der Waals surface area contributed by atoms with Crippen LogP contribution in [0.1, 0.15) is 25.0 Å². The van der Waals surface area contributed by atoms with Crippen molar-refractivity contribution in [1.29, 1.82) is 0 Å². The predicted octanol–water partition coefficient (Wildman–Crippen LogP) is 3.81. The first-order valence-electron chi connectivity index (χ1n) is 9.66. The van der Waals surface area contributed by atoms with Crippen molar-refractivity contribution < 1.29 is 18.0 Å². The molecule has 0 aliphatic rings. The number of amidine groups is 1. The highest BCUT2D eigenvalue weighted by molar-refractivity contribution is 6.05. The summed E-state index contributed by atoms with van der Waals surface area (Å²) in [6.45, 7) is 5.43. The number of amides is 1. The molecule has 1 aromatic carbocycles. The van der Waals surface area contributed by atoms with E-state index in [1.54, 1.807) is 36.7 Å². The Bertz CT molecular complexity index is 1180. The molecule has 0 atom stereocenters. The van der Waals surface area contributed by atoms with Crippen molar-refractivity contribution in [3.05, 3.63) is 66.5 Å². The molecule has 7 nitrogen and oxygen atoms in total. The van der Waals surface area contributed by atoms with Gasteiger partial charge in [0.15, 0.2) is 0 Å². The number of aliphatic imine (C=N–C) groups is 1. The first-order valence-corrected chi connectivity index (χ1v) is 9.66. The molecule has 5 N–H and O–H groups in total. The lowest BCUT2D eigenvalue weighted by Crippen LogP contribution is -2.45. The molecule has 10 heteroatoms. The van der Waals surface area contributed by atoms with Gasteiger partial charge in [-0.25, -0.2) is 4.98 Å². The third-order valence-corrected chi connectivity index (χ3v) is 4.68. The normalized spacial score (nSPS) is 12.6. The third-order valence-electron chi connectivity index (χ3n) is 4.68. The summed E-state index contributed by atoms with van der Waals surface area (Å²) in [5.41, 5.74) is 7.82. The summed E-state index contributed by atoms with van der Waals surface area (Å²) >= 11 is 0. The number of carbonyl (C=O) groups is 1. The van der Waals surface area contributed by atoms with Crippen LogP contribution in [0.3, 0.4) is 0 Å². The van der Waals surface area contributed by atoms with Crippen LogP contribution >= 0.6 is 0 Å². The third kappa shape index (κ3) is 5.26. The smallest absolute Gasteiger partial charge is 0.383 e. The molecule has 168 valence electrons. The summed E-state index contributed by atoms with van der Waals surface area (Å²) in [5.74, 6) is -0.895. The van der Waals surface area contributed by atoms with E-state index in [4.69, 9.17) is 5.73 Å². The quantitative estimate of drug-likeness (QED) is 0.328. The number of pyridine rings is 1. The number of nitrogens with one attached hydrogen (secondary N) is 3. The number of hydrogen-bond donors (Lipinski definition) is 4. The molecule has 0 bridgehead atoms. The molecule has 0 aliphatic carbocycles. The maximum absolute atomic E-state index is 12.4. The Kier molecular flexibility index (Phi) is 6.24. The molecule has 0 unspecified atom stereocenters. The van der Waals surface area contributed by atoms with Crippen LogP contribution in [0.2, 0.25) is 0 Å². The Balaban J connectivity index is 1.84. The zero-order valence-corrected chi connectivity index (χ0v) is 17.5. The van der Waals surface area contributed by atoms with Crippen LogP contribution in [-0.4, -0.2) is 40.0 Å². The SMILES string of the molecule is C=C(Nc1ccccc1C(N)=NC(C)(C)C(=O)NCC(F)(F)F)c1ccnc2[nH]ccc12. The molecule has 0 saturated heterocycles. The Morgan fingerprint density at radius 2 is 1.91 bits per heavy atom. The van der Waals surface area contributed by atoms with Gasteiger partial charge in [0, 0.05) is 40.3 Å². The average Bonchev–Trinajstić information content (AvgIpc) is 3.20. The summed E-state index contributed by atoms with van der Waals surface area (Å²) in [6, 6.07) is 10.7. The number of nitrogens with zero attached hydrogens (tertiary/aromatic N) is 2. The molecule has 0 radical (unpaired) electrons. The van der Waals surface area contributed by atoms with Gasteiger partial charge in [-0.15, -0.1) is 0 Å². The van der Waals surface area contributed by atoms with E-state index in [2.05, 4.69) is 26.9 Å². The number of alkyl halides is 3. The maximum Gasteiger partial charge on any atom is 0.405 e. The second kappa shape index (κ2) is 8.74. The van der Waals surface area contributed by atoms with Crippen molar-refractivity contribution in [3.63, 3.8) is 0 Å². The van der Waals surface area contributed by atoms with Crippen molar-refractivity contribution >= 4 is 34.2 Å². The lowest BCUT2D eigenvalue weighted by molar-refractivity contribution is -0.140. The summed E-state index contributed by atoms with van der Waals surface area (Å²) in [6.07, 6.45) is -1.08. The number of anilines is 1. The number of hydrogen-bond acceptors (Lipinski definition) is 4. The molecule has 3 rings (SSSR count). The lowest BCUT2D eigenvalue weighted by atomic mass is 10.0. The largest absolute Gasteiger partial charge is 0.405 e. The van der Waals surface area contributed by atoms with E-state index >= 15 is 0 Å². The van der Waals surface area contributed by atoms with Crippen molar-refractivity contribution in [2.24, 2.45) is 10.7 Å². The summed E-state index contributed by atoms with van der Waals surface area (Å²) in [7, 11) is 0. The highest BCUT2D eigenvalue weighted by Crippen LogP contribution is 2.26. The Morgan fingerprint density at radius 1 is 1.19 bits per heavy atom. The van der Waals surface area contributed by atoms with Gasteiger partial charge in [0.05, 0.1) is 0 Å². The van der Waals surface area contributed by atoms with Crippen molar-refractivity contribution in [3.8, 4) is 0 Å². The van der Waals surface area contributed by atoms with Crippen molar-refractivity contribution in [1.82, 2.24) is 15.3 Å². The minimum Gasteiger partial charge on any atom is -0.383 e. The van der Waals surface area contributed by atoms with E-state index < -0.39 is 24.2 Å². The first-order chi connectivity index (χ1) is 15.0. The number of nitrogens with two attached hydrogens (primary N) is 1. The molecule has 0 fully saturated rings. The number of halogens is 3. The first kappa shape index (κ1) is 22.9. The molecule has 1 amide bonds. The topological polar surface area (TPSA) is 108 Å². The number of carbonyl (C=O) groups excluding carboxylic acids is 1. The second-order valence-corrected chi connectivity index (χ2v) is 7.60. The minimum absolute atomic E-state index is 0.00502. The van der Waals surface area contributed by atoms with Gasteiger partial charge in [0.25, 0.3) is 0 Å². The van der Waals surface area contributed by atoms with Gasteiger partial charge in [-0.2, -0.15) is 13.2 Å². The summed E-state index contributed by atoms with van der Waals surface area (Å²) < 4.78 is 37.3. The van der Waals surface area contributed by atoms with E-state index in [9.17, 15) is 18.0 Å². The molecular weight excluding hydrogens is 421 g/mol. The number of H-pyrrole nitrogens is 1. The Morgan fingerprint density at radius 3 is 2.62 bits per heavy atom. The number of rotatable bonds is 7. The van der Waals surface area contributed by atoms with Crippen LogP contribution in [0.15, 0.2) is 60.4 Å². The number of aromatic amines is 1. The minimum atomic E-state index is -4.52. The van der Waals surface area contributed by atoms with Crippen LogP contribution in [0, 0.1) is 0 Å². The molecule has 2 heterocycles.